The van der Waals surface area contributed by atoms with E-state index in [9.17, 15) is 13.2 Å². The number of allylic oxidation sites excluding steroid dienone is 1. The highest BCUT2D eigenvalue weighted by atomic mass is 32.2. The molecule has 0 aliphatic carbocycles. The lowest BCUT2D eigenvalue weighted by Crippen LogP contribution is -2.37. The first kappa shape index (κ1) is 15.6. The van der Waals surface area contributed by atoms with Crippen LogP contribution in [0.3, 0.4) is 0 Å². The van der Waals surface area contributed by atoms with Gasteiger partial charge in [0.15, 0.2) is 0 Å². The first-order chi connectivity index (χ1) is 9.82. The number of ether oxygens (including phenoxy) is 1. The van der Waals surface area contributed by atoms with Crippen molar-refractivity contribution in [3.8, 4) is 0 Å². The predicted octanol–water partition coefficient (Wildman–Crippen LogP) is 2.72. The van der Waals surface area contributed by atoms with Gasteiger partial charge in [-0.2, -0.15) is 4.31 Å². The van der Waals surface area contributed by atoms with Gasteiger partial charge in [-0.05, 0) is 25.0 Å². The SMILES string of the molecule is Cc1ccc(S(=O)(=O)N2C(=O)OCC2/C=C/C(C)C)cc1. The second kappa shape index (κ2) is 5.89. The quantitative estimate of drug-likeness (QED) is 0.802. The molecule has 1 fully saturated rings. The molecule has 6 heteroatoms. The molecule has 1 aromatic carbocycles. The molecular formula is C15H19NO4S. The third-order valence-corrected chi connectivity index (χ3v) is 4.96. The Morgan fingerprint density at radius 1 is 1.29 bits per heavy atom. The molecule has 21 heavy (non-hydrogen) atoms. The van der Waals surface area contributed by atoms with Gasteiger partial charge in [0, 0.05) is 0 Å². The molecule has 0 radical (unpaired) electrons. The Morgan fingerprint density at radius 2 is 1.90 bits per heavy atom. The van der Waals surface area contributed by atoms with Gasteiger partial charge < -0.3 is 4.74 Å². The number of hydrogen-bond donors (Lipinski definition) is 0. The average Bonchev–Trinajstić information content (AvgIpc) is 2.78. The molecular weight excluding hydrogens is 290 g/mol. The smallest absolute Gasteiger partial charge is 0.424 e. The summed E-state index contributed by atoms with van der Waals surface area (Å²) in [5, 5.41) is 0. The summed E-state index contributed by atoms with van der Waals surface area (Å²) in [5.41, 5.74) is 0.953. The van der Waals surface area contributed by atoms with Gasteiger partial charge in [-0.25, -0.2) is 13.2 Å². The molecule has 5 nitrogen and oxygen atoms in total. The lowest BCUT2D eigenvalue weighted by Gasteiger charge is -2.19. The lowest BCUT2D eigenvalue weighted by atomic mass is 10.2. The van der Waals surface area contributed by atoms with Gasteiger partial charge in [-0.3, -0.25) is 0 Å². The molecule has 1 atom stereocenters. The van der Waals surface area contributed by atoms with Gasteiger partial charge in [0.25, 0.3) is 10.0 Å². The maximum atomic E-state index is 12.6. The molecule has 1 aliphatic rings. The zero-order valence-electron chi connectivity index (χ0n) is 12.3. The van der Waals surface area contributed by atoms with Crippen molar-refractivity contribution in [3.63, 3.8) is 0 Å². The maximum absolute atomic E-state index is 12.6. The molecule has 2 rings (SSSR count). The molecule has 1 saturated heterocycles. The first-order valence-corrected chi connectivity index (χ1v) is 8.22. The van der Waals surface area contributed by atoms with Gasteiger partial charge in [0.05, 0.1) is 4.90 Å². The van der Waals surface area contributed by atoms with Crippen molar-refractivity contribution in [2.24, 2.45) is 5.92 Å². The van der Waals surface area contributed by atoms with Crippen LogP contribution in [0.5, 0.6) is 0 Å². The second-order valence-corrected chi connectivity index (χ2v) is 7.20. The largest absolute Gasteiger partial charge is 0.446 e. The van der Waals surface area contributed by atoms with Crippen molar-refractivity contribution in [3.05, 3.63) is 42.0 Å². The third-order valence-electron chi connectivity index (χ3n) is 3.15. The van der Waals surface area contributed by atoms with E-state index in [1.165, 1.54) is 12.1 Å². The van der Waals surface area contributed by atoms with Crippen molar-refractivity contribution >= 4 is 16.1 Å². The van der Waals surface area contributed by atoms with Gasteiger partial charge >= 0.3 is 6.09 Å². The fourth-order valence-corrected chi connectivity index (χ4v) is 3.45. The van der Waals surface area contributed by atoms with E-state index in [2.05, 4.69) is 0 Å². The number of amides is 1. The van der Waals surface area contributed by atoms with E-state index in [1.807, 2.05) is 26.8 Å². The minimum atomic E-state index is -3.89. The second-order valence-electron chi connectivity index (χ2n) is 5.39. The van der Waals surface area contributed by atoms with Crippen molar-refractivity contribution < 1.29 is 17.9 Å². The average molecular weight is 309 g/mol. The van der Waals surface area contributed by atoms with E-state index in [-0.39, 0.29) is 17.4 Å². The molecule has 0 N–H and O–H groups in total. The van der Waals surface area contributed by atoms with E-state index in [0.717, 1.165) is 9.87 Å². The number of carbonyl (C=O) groups is 1. The van der Waals surface area contributed by atoms with Gasteiger partial charge in [-0.1, -0.05) is 43.7 Å². The molecule has 114 valence electrons. The standard InChI is InChI=1S/C15H19NO4S/c1-11(2)4-7-13-10-20-15(17)16(13)21(18,19)14-8-5-12(3)6-9-14/h4-9,11,13H,10H2,1-3H3/b7-4+. The highest BCUT2D eigenvalue weighted by Gasteiger charge is 2.41. The Kier molecular flexibility index (Phi) is 4.37. The highest BCUT2D eigenvalue weighted by molar-refractivity contribution is 7.89. The number of carbonyl (C=O) groups excluding carboxylic acids is 1. The predicted molar refractivity (Wildman–Crippen MR) is 79.3 cm³/mol. The Balaban J connectivity index is 2.36. The fraction of sp³-hybridized carbons (Fsp3) is 0.400. The van der Waals surface area contributed by atoms with Crippen LogP contribution in [-0.2, 0) is 14.8 Å². The number of hydrogen-bond acceptors (Lipinski definition) is 4. The maximum Gasteiger partial charge on any atom is 0.424 e. The number of benzene rings is 1. The van der Waals surface area contributed by atoms with Crippen LogP contribution >= 0.6 is 0 Å². The molecule has 1 unspecified atom stereocenters. The summed E-state index contributed by atoms with van der Waals surface area (Å²) in [4.78, 5) is 11.9. The third kappa shape index (κ3) is 3.26. The first-order valence-electron chi connectivity index (χ1n) is 6.78. The van der Waals surface area contributed by atoms with Gasteiger partial charge in [0.1, 0.15) is 12.6 Å². The minimum absolute atomic E-state index is 0.0488. The van der Waals surface area contributed by atoms with Crippen molar-refractivity contribution in [1.82, 2.24) is 4.31 Å². The fourth-order valence-electron chi connectivity index (χ4n) is 2.01. The normalized spacial score (nSPS) is 19.5. The highest BCUT2D eigenvalue weighted by Crippen LogP contribution is 2.25. The zero-order valence-corrected chi connectivity index (χ0v) is 13.1. The van der Waals surface area contributed by atoms with Crippen LogP contribution in [0.1, 0.15) is 19.4 Å². The van der Waals surface area contributed by atoms with E-state index >= 15 is 0 Å². The van der Waals surface area contributed by atoms with Crippen LogP contribution in [0.2, 0.25) is 0 Å². The zero-order chi connectivity index (χ0) is 15.6. The summed E-state index contributed by atoms with van der Waals surface area (Å²) in [7, 11) is -3.89. The van der Waals surface area contributed by atoms with E-state index in [4.69, 9.17) is 4.74 Å². The number of rotatable bonds is 4. The molecule has 0 saturated carbocycles. The lowest BCUT2D eigenvalue weighted by molar-refractivity contribution is 0.170. The molecule has 1 heterocycles. The number of sulfonamides is 1. The van der Waals surface area contributed by atoms with E-state index in [1.54, 1.807) is 18.2 Å². The van der Waals surface area contributed by atoms with Crippen molar-refractivity contribution in [2.45, 2.75) is 31.7 Å². The summed E-state index contributed by atoms with van der Waals surface area (Å²) < 4.78 is 30.9. The van der Waals surface area contributed by atoms with Crippen LogP contribution in [0, 0.1) is 12.8 Å². The Labute approximate surface area is 125 Å². The van der Waals surface area contributed by atoms with Crippen LogP contribution in [0.4, 0.5) is 4.79 Å². The molecule has 1 aliphatic heterocycles. The molecule has 1 amide bonds. The Bertz CT molecular complexity index is 647. The molecule has 0 aromatic heterocycles. The van der Waals surface area contributed by atoms with Gasteiger partial charge in [-0.15, -0.1) is 0 Å². The summed E-state index contributed by atoms with van der Waals surface area (Å²) in [5.74, 6) is 0.268. The summed E-state index contributed by atoms with van der Waals surface area (Å²) in [6, 6.07) is 5.81. The van der Waals surface area contributed by atoms with Crippen LogP contribution in [0.25, 0.3) is 0 Å². The number of cyclic esters (lactones) is 1. The van der Waals surface area contributed by atoms with Crippen molar-refractivity contribution in [1.29, 1.82) is 0 Å². The molecule has 0 spiro atoms. The van der Waals surface area contributed by atoms with Crippen LogP contribution in [-0.4, -0.2) is 31.5 Å². The van der Waals surface area contributed by atoms with Crippen molar-refractivity contribution in [2.75, 3.05) is 6.61 Å². The van der Waals surface area contributed by atoms with E-state index < -0.39 is 22.2 Å². The molecule has 0 bridgehead atoms. The monoisotopic (exact) mass is 309 g/mol. The van der Waals surface area contributed by atoms with Gasteiger partial charge in [0.2, 0.25) is 0 Å². The molecule has 1 aromatic rings. The topological polar surface area (TPSA) is 63.7 Å². The summed E-state index contributed by atoms with van der Waals surface area (Å²) in [6.07, 6.45) is 2.75. The Hall–Kier alpha value is -1.82. The van der Waals surface area contributed by atoms with Crippen LogP contribution < -0.4 is 0 Å². The Morgan fingerprint density at radius 3 is 2.48 bits per heavy atom. The summed E-state index contributed by atoms with van der Waals surface area (Å²) >= 11 is 0. The summed E-state index contributed by atoms with van der Waals surface area (Å²) in [6.45, 7) is 5.88. The minimum Gasteiger partial charge on any atom is -0.446 e. The van der Waals surface area contributed by atoms with E-state index in [0.29, 0.717) is 0 Å². The van der Waals surface area contributed by atoms with Crippen LogP contribution in [0.15, 0.2) is 41.3 Å². The number of nitrogens with zero attached hydrogens (tertiary/aromatic N) is 1. The number of aryl methyl sites for hydroxylation is 1.